The minimum atomic E-state index is 0. The lowest BCUT2D eigenvalue weighted by Crippen LogP contribution is -2.54. The van der Waals surface area contributed by atoms with Gasteiger partial charge in [-0.25, -0.2) is 0 Å². The number of guanidine groups is 1. The molecule has 164 valence electrons. The van der Waals surface area contributed by atoms with Gasteiger partial charge in [0.1, 0.15) is 12.7 Å². The van der Waals surface area contributed by atoms with Gasteiger partial charge in [0.05, 0.1) is 6.54 Å². The van der Waals surface area contributed by atoms with Crippen LogP contribution in [0.5, 0.6) is 0 Å². The number of aromatic nitrogens is 3. The highest BCUT2D eigenvalue weighted by molar-refractivity contribution is 14.0. The van der Waals surface area contributed by atoms with E-state index >= 15 is 0 Å². The first-order valence-corrected chi connectivity index (χ1v) is 10.6. The zero-order valence-corrected chi connectivity index (χ0v) is 19.8. The number of aryl methyl sites for hydroxylation is 1. The van der Waals surface area contributed by atoms with E-state index in [2.05, 4.69) is 32.2 Å². The van der Waals surface area contributed by atoms with Crippen LogP contribution in [-0.4, -0.2) is 100 Å². The summed E-state index contributed by atoms with van der Waals surface area (Å²) in [5, 5.41) is 11.1. The third kappa shape index (κ3) is 7.72. The molecule has 0 saturated carbocycles. The molecule has 9 nitrogen and oxygen atoms in total. The molecule has 0 aromatic carbocycles. The summed E-state index contributed by atoms with van der Waals surface area (Å²) in [6.45, 7) is 10.8. The van der Waals surface area contributed by atoms with Crippen molar-refractivity contribution in [1.82, 2.24) is 34.8 Å². The molecule has 0 unspecified atom stereocenters. The Morgan fingerprint density at radius 1 is 1.00 bits per heavy atom. The first-order chi connectivity index (χ1) is 13.8. The van der Waals surface area contributed by atoms with E-state index in [-0.39, 0.29) is 24.0 Å². The number of aliphatic imine (C=N–C) groups is 1. The van der Waals surface area contributed by atoms with Crippen molar-refractivity contribution in [3.63, 3.8) is 0 Å². The molecule has 2 aliphatic heterocycles. The Bertz CT molecular complexity index is 610. The van der Waals surface area contributed by atoms with E-state index in [0.717, 1.165) is 90.5 Å². The topological polar surface area (TPSA) is 81.9 Å². The van der Waals surface area contributed by atoms with E-state index in [9.17, 15) is 4.79 Å². The molecule has 0 radical (unpaired) electrons. The van der Waals surface area contributed by atoms with Gasteiger partial charge in [-0.05, 0) is 32.6 Å². The minimum absolute atomic E-state index is 0. The molecule has 2 aliphatic rings. The standard InChI is InChI=1S/C19H34N8O.HI/c1-2-20-19(21-7-3-4-8-25-16-22-23-17-25)27-13-11-24(12-14-27)15-18(28)26-9-5-6-10-26;/h16-17H,2-15H2,1H3,(H,20,21);1H. The molecule has 1 aromatic heterocycles. The number of nitrogens with zero attached hydrogens (tertiary/aromatic N) is 7. The Hall–Kier alpha value is -1.43. The largest absolute Gasteiger partial charge is 0.357 e. The van der Waals surface area contributed by atoms with Gasteiger partial charge in [-0.1, -0.05) is 0 Å². The van der Waals surface area contributed by atoms with Crippen molar-refractivity contribution < 1.29 is 4.79 Å². The zero-order valence-electron chi connectivity index (χ0n) is 17.5. The van der Waals surface area contributed by atoms with Gasteiger partial charge in [0, 0.05) is 58.9 Å². The predicted octanol–water partition coefficient (Wildman–Crippen LogP) is 0.882. The van der Waals surface area contributed by atoms with Crippen LogP contribution in [0, 0.1) is 0 Å². The van der Waals surface area contributed by atoms with E-state index in [1.807, 2.05) is 9.47 Å². The first-order valence-electron chi connectivity index (χ1n) is 10.6. The van der Waals surface area contributed by atoms with Crippen LogP contribution in [0.4, 0.5) is 0 Å². The number of carbonyl (C=O) groups excluding carboxylic acids is 1. The third-order valence-electron chi connectivity index (χ3n) is 5.38. The molecule has 29 heavy (non-hydrogen) atoms. The van der Waals surface area contributed by atoms with Gasteiger partial charge >= 0.3 is 0 Å². The molecule has 2 saturated heterocycles. The number of hydrogen-bond donors (Lipinski definition) is 1. The van der Waals surface area contributed by atoms with Crippen LogP contribution >= 0.6 is 24.0 Å². The molecule has 0 bridgehead atoms. The summed E-state index contributed by atoms with van der Waals surface area (Å²) in [6.07, 6.45) is 7.91. The molecule has 2 fully saturated rings. The van der Waals surface area contributed by atoms with Crippen molar-refractivity contribution in [2.75, 3.05) is 58.9 Å². The molecular weight excluding hydrogens is 483 g/mol. The maximum absolute atomic E-state index is 12.3. The summed E-state index contributed by atoms with van der Waals surface area (Å²) in [6, 6.07) is 0. The molecule has 0 aliphatic carbocycles. The van der Waals surface area contributed by atoms with E-state index < -0.39 is 0 Å². The normalized spacial score (nSPS) is 18.0. The fourth-order valence-electron chi connectivity index (χ4n) is 3.73. The van der Waals surface area contributed by atoms with Gasteiger partial charge < -0.3 is 19.7 Å². The van der Waals surface area contributed by atoms with Crippen molar-refractivity contribution in [1.29, 1.82) is 0 Å². The zero-order chi connectivity index (χ0) is 19.6. The summed E-state index contributed by atoms with van der Waals surface area (Å²) in [4.78, 5) is 23.8. The van der Waals surface area contributed by atoms with Crippen molar-refractivity contribution in [3.05, 3.63) is 12.7 Å². The second kappa shape index (κ2) is 13.0. The molecular formula is C19H35IN8O. The lowest BCUT2D eigenvalue weighted by molar-refractivity contribution is -0.131. The summed E-state index contributed by atoms with van der Waals surface area (Å²) in [5.41, 5.74) is 0. The summed E-state index contributed by atoms with van der Waals surface area (Å²) in [5.74, 6) is 1.29. The molecule has 1 amide bonds. The highest BCUT2D eigenvalue weighted by atomic mass is 127. The Kier molecular flexibility index (Phi) is 10.7. The molecule has 3 rings (SSSR count). The summed E-state index contributed by atoms with van der Waals surface area (Å²) in [7, 11) is 0. The van der Waals surface area contributed by atoms with Crippen molar-refractivity contribution >= 4 is 35.8 Å². The van der Waals surface area contributed by atoms with Crippen LogP contribution in [0.25, 0.3) is 0 Å². The molecule has 3 heterocycles. The number of carbonyl (C=O) groups is 1. The van der Waals surface area contributed by atoms with Crippen LogP contribution in [0.15, 0.2) is 17.6 Å². The highest BCUT2D eigenvalue weighted by Gasteiger charge is 2.24. The van der Waals surface area contributed by atoms with Gasteiger partial charge in [0.15, 0.2) is 5.96 Å². The second-order valence-electron chi connectivity index (χ2n) is 7.49. The Morgan fingerprint density at radius 2 is 1.69 bits per heavy atom. The minimum Gasteiger partial charge on any atom is -0.357 e. The molecule has 1 N–H and O–H groups in total. The van der Waals surface area contributed by atoms with E-state index in [0.29, 0.717) is 12.5 Å². The second-order valence-corrected chi connectivity index (χ2v) is 7.49. The number of halogens is 1. The van der Waals surface area contributed by atoms with E-state index in [4.69, 9.17) is 4.99 Å². The quantitative estimate of drug-likeness (QED) is 0.238. The van der Waals surface area contributed by atoms with Gasteiger partial charge in [-0.15, -0.1) is 34.2 Å². The monoisotopic (exact) mass is 518 g/mol. The smallest absolute Gasteiger partial charge is 0.236 e. The number of hydrogen-bond acceptors (Lipinski definition) is 5. The van der Waals surface area contributed by atoms with Gasteiger partial charge in [-0.2, -0.15) is 0 Å². The average Bonchev–Trinajstić information content (AvgIpc) is 3.42. The summed E-state index contributed by atoms with van der Waals surface area (Å²) < 4.78 is 2.00. The van der Waals surface area contributed by atoms with Crippen molar-refractivity contribution in [3.8, 4) is 0 Å². The Morgan fingerprint density at radius 3 is 2.34 bits per heavy atom. The van der Waals surface area contributed by atoms with Gasteiger partial charge in [-0.3, -0.25) is 14.7 Å². The lowest BCUT2D eigenvalue weighted by Gasteiger charge is -2.36. The van der Waals surface area contributed by atoms with Crippen LogP contribution in [0.3, 0.4) is 0 Å². The number of piperazine rings is 1. The highest BCUT2D eigenvalue weighted by Crippen LogP contribution is 2.09. The Labute approximate surface area is 190 Å². The number of amides is 1. The fraction of sp³-hybridized carbons (Fsp3) is 0.789. The van der Waals surface area contributed by atoms with Crippen molar-refractivity contribution in [2.24, 2.45) is 4.99 Å². The lowest BCUT2D eigenvalue weighted by atomic mass is 10.3. The average molecular weight is 518 g/mol. The van der Waals surface area contributed by atoms with Crippen LogP contribution < -0.4 is 5.32 Å². The first kappa shape index (κ1) is 23.8. The summed E-state index contributed by atoms with van der Waals surface area (Å²) >= 11 is 0. The Balaban J connectivity index is 0.00000300. The van der Waals surface area contributed by atoms with Crippen molar-refractivity contribution in [2.45, 2.75) is 39.2 Å². The SMILES string of the molecule is CCNC(=NCCCCn1cnnc1)N1CCN(CC(=O)N2CCCC2)CC1.I. The van der Waals surface area contributed by atoms with Gasteiger partial charge in [0.2, 0.25) is 5.91 Å². The number of likely N-dealkylation sites (tertiary alicyclic amines) is 1. The number of rotatable bonds is 8. The molecule has 0 spiro atoms. The molecule has 0 atom stereocenters. The maximum Gasteiger partial charge on any atom is 0.236 e. The predicted molar refractivity (Wildman–Crippen MR) is 124 cm³/mol. The fourth-order valence-corrected chi connectivity index (χ4v) is 3.73. The maximum atomic E-state index is 12.3. The van der Waals surface area contributed by atoms with Crippen LogP contribution in [-0.2, 0) is 11.3 Å². The van der Waals surface area contributed by atoms with Crippen LogP contribution in [0.2, 0.25) is 0 Å². The van der Waals surface area contributed by atoms with Crippen LogP contribution in [0.1, 0.15) is 32.6 Å². The number of unbranched alkanes of at least 4 members (excludes halogenated alkanes) is 1. The van der Waals surface area contributed by atoms with Gasteiger partial charge in [0.25, 0.3) is 0 Å². The molecule has 1 aromatic rings. The number of nitrogens with one attached hydrogen (secondary N) is 1. The van der Waals surface area contributed by atoms with E-state index in [1.54, 1.807) is 12.7 Å². The molecule has 10 heteroatoms. The third-order valence-corrected chi connectivity index (χ3v) is 5.38. The van der Waals surface area contributed by atoms with E-state index in [1.165, 1.54) is 0 Å².